The summed E-state index contributed by atoms with van der Waals surface area (Å²) < 4.78 is 0. The fourth-order valence-corrected chi connectivity index (χ4v) is 9.14. The Kier molecular flexibility index (Phi) is 14.2. The highest BCUT2D eigenvalue weighted by Gasteiger charge is 2.25. The van der Waals surface area contributed by atoms with Crippen LogP contribution in [0.2, 0.25) is 0 Å². The second kappa shape index (κ2) is 20.0. The second-order valence-electron chi connectivity index (χ2n) is 17.5. The largest absolute Gasteiger partial charge is 0.332 e. The maximum atomic E-state index is 3.69. The molecule has 298 valence electrons. The normalized spacial score (nSPS) is 22.2. The van der Waals surface area contributed by atoms with Crippen molar-refractivity contribution in [1.82, 2.24) is 4.90 Å². The molecule has 0 saturated heterocycles. The molecule has 0 heterocycles. The minimum Gasteiger partial charge on any atom is -0.332 e. The molecule has 5 atom stereocenters. The van der Waals surface area contributed by atoms with Gasteiger partial charge in [0.2, 0.25) is 0 Å². The van der Waals surface area contributed by atoms with Gasteiger partial charge in [-0.05, 0) is 132 Å². The lowest BCUT2D eigenvalue weighted by atomic mass is 9.80. The highest BCUT2D eigenvalue weighted by molar-refractivity contribution is 5.52. The third-order valence-electron chi connectivity index (χ3n) is 12.8. The zero-order chi connectivity index (χ0) is 40.3. The first-order valence-electron chi connectivity index (χ1n) is 22.3. The number of benzene rings is 3. The monoisotopic (exact) mass is 764 g/mol. The molecule has 5 unspecified atom stereocenters. The van der Waals surface area contributed by atoms with E-state index < -0.39 is 0 Å². The molecular formula is C57H65N. The summed E-state index contributed by atoms with van der Waals surface area (Å²) in [5, 5.41) is 2.75. The minimum atomic E-state index is 0.297. The van der Waals surface area contributed by atoms with Crippen LogP contribution in [-0.2, 0) is 0 Å². The summed E-state index contributed by atoms with van der Waals surface area (Å²) in [4.78, 5) is 2.60. The molecule has 0 bridgehead atoms. The molecular weight excluding hydrogens is 699 g/mol. The Balaban J connectivity index is 1.08. The van der Waals surface area contributed by atoms with Gasteiger partial charge < -0.3 is 4.90 Å². The fourth-order valence-electron chi connectivity index (χ4n) is 9.14. The third kappa shape index (κ3) is 10.7. The van der Waals surface area contributed by atoms with Crippen molar-refractivity contribution in [3.05, 3.63) is 201 Å². The molecule has 3 aromatic carbocycles. The minimum absolute atomic E-state index is 0.297. The van der Waals surface area contributed by atoms with Crippen LogP contribution < -0.4 is 10.4 Å². The first-order valence-corrected chi connectivity index (χ1v) is 22.3. The van der Waals surface area contributed by atoms with E-state index in [4.69, 9.17) is 0 Å². The van der Waals surface area contributed by atoms with Crippen molar-refractivity contribution in [1.29, 1.82) is 0 Å². The SMILES string of the molecule is C/C=C(\CCC1C=CC=CC1)N(C1=C=CC=C(C(C)C)C=C1)C1C=CC(/C=C/c2ccc(C(CC3C=c4ccccc4=CC3)c3ccc(C(C)C)cc3)cc2)CCC1. The molecule has 0 aromatic heterocycles. The van der Waals surface area contributed by atoms with Gasteiger partial charge in [0.25, 0.3) is 0 Å². The van der Waals surface area contributed by atoms with Crippen LogP contribution in [0.1, 0.15) is 120 Å². The van der Waals surface area contributed by atoms with Crippen LogP contribution in [0.15, 0.2) is 168 Å². The van der Waals surface area contributed by atoms with Gasteiger partial charge in [-0.2, -0.15) is 0 Å². The number of fused-ring (bicyclic) bond motifs is 1. The molecule has 0 fully saturated rings. The molecule has 0 aliphatic heterocycles. The lowest BCUT2D eigenvalue weighted by Crippen LogP contribution is -2.32. The second-order valence-corrected chi connectivity index (χ2v) is 17.5. The van der Waals surface area contributed by atoms with Gasteiger partial charge in [0.05, 0.1) is 11.7 Å². The van der Waals surface area contributed by atoms with E-state index >= 15 is 0 Å². The summed E-state index contributed by atoms with van der Waals surface area (Å²) in [6, 6.07) is 28.0. The number of rotatable bonds is 14. The van der Waals surface area contributed by atoms with Gasteiger partial charge in [0, 0.05) is 11.6 Å². The van der Waals surface area contributed by atoms with Crippen molar-refractivity contribution in [2.24, 2.45) is 23.7 Å². The van der Waals surface area contributed by atoms with Gasteiger partial charge >= 0.3 is 0 Å². The predicted octanol–water partition coefficient (Wildman–Crippen LogP) is 13.7. The molecule has 3 aromatic rings. The maximum absolute atomic E-state index is 3.69. The van der Waals surface area contributed by atoms with Crippen molar-refractivity contribution >= 4 is 18.2 Å². The Morgan fingerprint density at radius 2 is 1.53 bits per heavy atom. The lowest BCUT2D eigenvalue weighted by molar-refractivity contribution is 0.332. The molecule has 7 rings (SSSR count). The molecule has 4 aliphatic rings. The van der Waals surface area contributed by atoms with Crippen molar-refractivity contribution in [2.45, 2.75) is 104 Å². The van der Waals surface area contributed by atoms with Crippen LogP contribution in [-0.4, -0.2) is 10.9 Å². The molecule has 0 radical (unpaired) electrons. The Morgan fingerprint density at radius 3 is 2.26 bits per heavy atom. The predicted molar refractivity (Wildman–Crippen MR) is 250 cm³/mol. The van der Waals surface area contributed by atoms with E-state index in [0.717, 1.165) is 44.9 Å². The standard InChI is InChI=1S/C57H65N/c1-6-54(37-27-44-14-8-7-9-15-44)58(56-21-13-19-48(36-39-56)42(2)3)55-20-12-16-45(28-38-55)22-23-46-24-30-51(31-25-46)57(52-34-32-49(33-35-52)43(4)5)41-47-26-29-50-17-10-11-18-53(50)40-47/h6-11,13-14,17-19,22-25,28-36,38-40,42-45,47,55,57H,12,15-16,20,26-27,37,41H2,1-5H3/b23-22+,54-6+. The van der Waals surface area contributed by atoms with Gasteiger partial charge in [-0.25, -0.2) is 0 Å². The highest BCUT2D eigenvalue weighted by Crippen LogP contribution is 2.36. The molecule has 1 nitrogen and oxygen atoms in total. The number of nitrogens with zero attached hydrogens (tertiary/aromatic N) is 1. The van der Waals surface area contributed by atoms with Gasteiger partial charge in [-0.1, -0.05) is 192 Å². The van der Waals surface area contributed by atoms with Crippen molar-refractivity contribution in [2.75, 3.05) is 0 Å². The zero-order valence-electron chi connectivity index (χ0n) is 35.7. The van der Waals surface area contributed by atoms with Crippen molar-refractivity contribution in [3.8, 4) is 0 Å². The van der Waals surface area contributed by atoms with Crippen LogP contribution in [0.3, 0.4) is 0 Å². The van der Waals surface area contributed by atoms with Crippen LogP contribution in [0.25, 0.3) is 18.2 Å². The van der Waals surface area contributed by atoms with E-state index in [1.807, 2.05) is 0 Å². The van der Waals surface area contributed by atoms with E-state index in [0.29, 0.717) is 41.5 Å². The Hall–Kier alpha value is -5.10. The van der Waals surface area contributed by atoms with Crippen LogP contribution in [0.4, 0.5) is 0 Å². The first kappa shape index (κ1) is 41.1. The van der Waals surface area contributed by atoms with Gasteiger partial charge in [0.1, 0.15) is 0 Å². The molecule has 0 saturated carbocycles. The third-order valence-corrected chi connectivity index (χ3v) is 12.8. The summed E-state index contributed by atoms with van der Waals surface area (Å²) >= 11 is 0. The van der Waals surface area contributed by atoms with Gasteiger partial charge in [-0.15, -0.1) is 0 Å². The number of hydrogen-bond donors (Lipinski definition) is 0. The summed E-state index contributed by atoms with van der Waals surface area (Å²) in [7, 11) is 0. The molecule has 0 spiro atoms. The molecule has 0 amide bonds. The summed E-state index contributed by atoms with van der Waals surface area (Å²) in [5.41, 5.74) is 13.1. The van der Waals surface area contributed by atoms with Crippen LogP contribution >= 0.6 is 0 Å². The first-order chi connectivity index (χ1) is 28.3. The molecule has 4 aliphatic carbocycles. The smallest absolute Gasteiger partial charge is 0.0847 e. The Morgan fingerprint density at radius 1 is 0.776 bits per heavy atom. The average Bonchev–Trinajstić information content (AvgIpc) is 3.65. The quantitative estimate of drug-likeness (QED) is 0.117. The molecule has 0 N–H and O–H groups in total. The van der Waals surface area contributed by atoms with Crippen LogP contribution in [0, 0.1) is 23.7 Å². The average molecular weight is 764 g/mol. The summed E-state index contributed by atoms with van der Waals surface area (Å²) in [5.74, 6) is 2.90. The maximum Gasteiger partial charge on any atom is 0.0847 e. The fraction of sp³-hybridized carbons (Fsp3) is 0.351. The number of hydrogen-bond acceptors (Lipinski definition) is 1. The summed E-state index contributed by atoms with van der Waals surface area (Å²) in [6.45, 7) is 11.3. The number of allylic oxidation sites excluding steroid dienone is 12. The van der Waals surface area contributed by atoms with E-state index in [1.54, 1.807) is 0 Å². The molecule has 1 heteroatoms. The Bertz CT molecular complexity index is 2260. The Labute approximate surface area is 350 Å². The van der Waals surface area contributed by atoms with E-state index in [-0.39, 0.29) is 0 Å². The zero-order valence-corrected chi connectivity index (χ0v) is 35.7. The topological polar surface area (TPSA) is 3.24 Å². The van der Waals surface area contributed by atoms with Gasteiger partial charge in [0.15, 0.2) is 0 Å². The van der Waals surface area contributed by atoms with E-state index in [9.17, 15) is 0 Å². The van der Waals surface area contributed by atoms with E-state index in [1.165, 1.54) is 56.1 Å². The molecule has 58 heavy (non-hydrogen) atoms. The van der Waals surface area contributed by atoms with Gasteiger partial charge in [-0.3, -0.25) is 0 Å². The lowest BCUT2D eigenvalue weighted by Gasteiger charge is -2.34. The van der Waals surface area contributed by atoms with Crippen molar-refractivity contribution < 1.29 is 0 Å². The van der Waals surface area contributed by atoms with Crippen LogP contribution in [0.5, 0.6) is 0 Å². The van der Waals surface area contributed by atoms with E-state index in [2.05, 4.69) is 209 Å². The summed E-state index contributed by atoms with van der Waals surface area (Å²) in [6.07, 6.45) is 44.2. The highest BCUT2D eigenvalue weighted by atomic mass is 15.2. The van der Waals surface area contributed by atoms with Crippen molar-refractivity contribution in [3.63, 3.8) is 0 Å².